The highest BCUT2D eigenvalue weighted by molar-refractivity contribution is 5.81. The molecular weight excluding hydrogens is 256 g/mol. The van der Waals surface area contributed by atoms with Crippen LogP contribution in [0.15, 0.2) is 0 Å². The topological polar surface area (TPSA) is 17.1 Å². The monoisotopic (exact) mass is 288 g/mol. The van der Waals surface area contributed by atoms with E-state index in [0.717, 1.165) is 30.1 Å². The molecule has 0 amide bonds. The molecule has 0 aromatic heterocycles. The average molecular weight is 288 g/mol. The third-order valence-electron chi connectivity index (χ3n) is 7.59. The molecule has 5 aliphatic carbocycles. The lowest BCUT2D eigenvalue weighted by molar-refractivity contribution is -0.132. The summed E-state index contributed by atoms with van der Waals surface area (Å²) in [5, 5.41) is 0. The van der Waals surface area contributed by atoms with Gasteiger partial charge in [0.1, 0.15) is 5.78 Å². The lowest BCUT2D eigenvalue weighted by Gasteiger charge is -2.57. The Labute approximate surface area is 130 Å². The quantitative estimate of drug-likeness (QED) is 0.679. The van der Waals surface area contributed by atoms with Crippen LogP contribution in [0.2, 0.25) is 0 Å². The van der Waals surface area contributed by atoms with Crippen LogP contribution in [-0.4, -0.2) is 5.78 Å². The summed E-state index contributed by atoms with van der Waals surface area (Å²) in [7, 11) is 0. The van der Waals surface area contributed by atoms with Crippen molar-refractivity contribution in [1.82, 2.24) is 0 Å². The number of carbonyl (C=O) groups is 1. The highest BCUT2D eigenvalue weighted by Gasteiger charge is 2.51. The molecule has 5 aliphatic rings. The van der Waals surface area contributed by atoms with Crippen molar-refractivity contribution in [3.8, 4) is 0 Å². The zero-order valence-corrected chi connectivity index (χ0v) is 13.8. The Morgan fingerprint density at radius 1 is 0.905 bits per heavy atom. The van der Waals surface area contributed by atoms with Crippen LogP contribution in [0.5, 0.6) is 0 Å². The third kappa shape index (κ3) is 2.70. The molecule has 5 rings (SSSR count). The second kappa shape index (κ2) is 5.39. The SMILES string of the molecule is CCC1CCC(C(=O)CC23CC4CC(CC(C4)C2)C3)CC1. The van der Waals surface area contributed by atoms with Crippen molar-refractivity contribution < 1.29 is 4.79 Å². The van der Waals surface area contributed by atoms with E-state index in [-0.39, 0.29) is 0 Å². The Bertz CT molecular complexity index is 367. The van der Waals surface area contributed by atoms with E-state index in [1.165, 1.54) is 70.6 Å². The van der Waals surface area contributed by atoms with Gasteiger partial charge in [-0.25, -0.2) is 0 Å². The Kier molecular flexibility index (Phi) is 3.66. The molecule has 0 unspecified atom stereocenters. The first-order valence-corrected chi connectivity index (χ1v) is 9.68. The lowest BCUT2D eigenvalue weighted by Crippen LogP contribution is -2.47. The summed E-state index contributed by atoms with van der Waals surface area (Å²) in [5.74, 6) is 4.96. The van der Waals surface area contributed by atoms with Gasteiger partial charge in [0.2, 0.25) is 0 Å². The highest BCUT2D eigenvalue weighted by atomic mass is 16.1. The van der Waals surface area contributed by atoms with Crippen LogP contribution in [-0.2, 0) is 4.79 Å². The van der Waals surface area contributed by atoms with E-state index in [9.17, 15) is 4.79 Å². The minimum Gasteiger partial charge on any atom is -0.299 e. The molecule has 5 fully saturated rings. The van der Waals surface area contributed by atoms with Crippen molar-refractivity contribution >= 4 is 5.78 Å². The summed E-state index contributed by atoms with van der Waals surface area (Å²) in [4.78, 5) is 12.9. The molecule has 21 heavy (non-hydrogen) atoms. The normalized spacial score (nSPS) is 48.5. The van der Waals surface area contributed by atoms with Gasteiger partial charge in [-0.2, -0.15) is 0 Å². The average Bonchev–Trinajstić information content (AvgIpc) is 2.45. The maximum atomic E-state index is 12.9. The molecule has 0 atom stereocenters. The van der Waals surface area contributed by atoms with Gasteiger partial charge in [0.25, 0.3) is 0 Å². The maximum Gasteiger partial charge on any atom is 0.136 e. The number of rotatable bonds is 4. The van der Waals surface area contributed by atoms with Crippen molar-refractivity contribution in [1.29, 1.82) is 0 Å². The Morgan fingerprint density at radius 3 is 1.90 bits per heavy atom. The van der Waals surface area contributed by atoms with E-state index < -0.39 is 0 Å². The summed E-state index contributed by atoms with van der Waals surface area (Å²) >= 11 is 0. The van der Waals surface area contributed by atoms with Gasteiger partial charge in [-0.15, -0.1) is 0 Å². The molecule has 4 bridgehead atoms. The minimum absolute atomic E-state index is 0.431. The van der Waals surface area contributed by atoms with Gasteiger partial charge >= 0.3 is 0 Å². The molecule has 118 valence electrons. The van der Waals surface area contributed by atoms with E-state index >= 15 is 0 Å². The Balaban J connectivity index is 1.38. The molecule has 0 aromatic carbocycles. The van der Waals surface area contributed by atoms with Crippen LogP contribution in [0.3, 0.4) is 0 Å². The second-order valence-corrected chi connectivity index (χ2v) is 9.19. The molecule has 0 radical (unpaired) electrons. The predicted molar refractivity (Wildman–Crippen MR) is 86.0 cm³/mol. The highest BCUT2D eigenvalue weighted by Crippen LogP contribution is 2.61. The second-order valence-electron chi connectivity index (χ2n) is 9.19. The number of Topliss-reactive ketones (excluding diaryl/α,β-unsaturated/α-hetero) is 1. The third-order valence-corrected chi connectivity index (χ3v) is 7.59. The van der Waals surface area contributed by atoms with E-state index in [1.54, 1.807) is 0 Å². The number of hydrogen-bond donors (Lipinski definition) is 0. The standard InChI is InChI=1S/C20H32O/c1-2-14-3-5-18(6-4-14)19(21)13-20-10-15-7-16(11-20)9-17(8-15)12-20/h14-18H,2-13H2,1H3. The van der Waals surface area contributed by atoms with E-state index in [0.29, 0.717) is 17.1 Å². The van der Waals surface area contributed by atoms with E-state index in [4.69, 9.17) is 0 Å². The van der Waals surface area contributed by atoms with Gasteiger partial charge in [-0.1, -0.05) is 13.3 Å². The van der Waals surface area contributed by atoms with Crippen molar-refractivity contribution in [2.75, 3.05) is 0 Å². The molecule has 0 aromatic rings. The van der Waals surface area contributed by atoms with Gasteiger partial charge in [-0.05, 0) is 93.3 Å². The van der Waals surface area contributed by atoms with Crippen LogP contribution in [0.1, 0.15) is 84.0 Å². The fraction of sp³-hybridized carbons (Fsp3) is 0.950. The molecular formula is C20H32O. The van der Waals surface area contributed by atoms with Gasteiger partial charge < -0.3 is 0 Å². The number of carbonyl (C=O) groups excluding carboxylic acids is 1. The molecule has 0 N–H and O–H groups in total. The van der Waals surface area contributed by atoms with Crippen LogP contribution in [0.4, 0.5) is 0 Å². The van der Waals surface area contributed by atoms with Gasteiger partial charge in [0.15, 0.2) is 0 Å². The van der Waals surface area contributed by atoms with Crippen molar-refractivity contribution in [2.24, 2.45) is 35.0 Å². The molecule has 0 aliphatic heterocycles. The Morgan fingerprint density at radius 2 is 1.43 bits per heavy atom. The van der Waals surface area contributed by atoms with Gasteiger partial charge in [-0.3, -0.25) is 4.79 Å². The maximum absolute atomic E-state index is 12.9. The first-order chi connectivity index (χ1) is 10.2. The van der Waals surface area contributed by atoms with Crippen molar-refractivity contribution in [3.63, 3.8) is 0 Å². The summed E-state index contributed by atoms with van der Waals surface area (Å²) in [6.45, 7) is 2.31. The molecule has 1 nitrogen and oxygen atoms in total. The van der Waals surface area contributed by atoms with Gasteiger partial charge in [0.05, 0.1) is 0 Å². The number of ketones is 1. The van der Waals surface area contributed by atoms with Crippen LogP contribution < -0.4 is 0 Å². The van der Waals surface area contributed by atoms with Crippen LogP contribution in [0.25, 0.3) is 0 Å². The smallest absolute Gasteiger partial charge is 0.136 e. The summed E-state index contributed by atoms with van der Waals surface area (Å²) in [6.07, 6.45) is 16.0. The van der Waals surface area contributed by atoms with E-state index in [2.05, 4.69) is 6.92 Å². The van der Waals surface area contributed by atoms with Crippen LogP contribution in [0, 0.1) is 35.0 Å². The largest absolute Gasteiger partial charge is 0.299 e. The summed E-state index contributed by atoms with van der Waals surface area (Å²) < 4.78 is 0. The van der Waals surface area contributed by atoms with Crippen molar-refractivity contribution in [3.05, 3.63) is 0 Å². The van der Waals surface area contributed by atoms with Crippen LogP contribution >= 0.6 is 0 Å². The van der Waals surface area contributed by atoms with E-state index in [1.807, 2.05) is 0 Å². The fourth-order valence-corrected chi connectivity index (χ4v) is 6.91. The van der Waals surface area contributed by atoms with Crippen molar-refractivity contribution in [2.45, 2.75) is 84.0 Å². The molecule has 0 heterocycles. The first kappa shape index (κ1) is 14.3. The fourth-order valence-electron chi connectivity index (χ4n) is 6.91. The number of hydrogen-bond acceptors (Lipinski definition) is 1. The van der Waals surface area contributed by atoms with Gasteiger partial charge in [0, 0.05) is 12.3 Å². The lowest BCUT2D eigenvalue weighted by atomic mass is 9.48. The zero-order valence-electron chi connectivity index (χ0n) is 13.8. The molecule has 0 saturated heterocycles. The predicted octanol–water partition coefficient (Wildman–Crippen LogP) is 5.38. The first-order valence-electron chi connectivity index (χ1n) is 9.68. The molecule has 1 heteroatoms. The molecule has 5 saturated carbocycles. The zero-order chi connectivity index (χ0) is 14.4. The minimum atomic E-state index is 0.431. The Hall–Kier alpha value is -0.330. The summed E-state index contributed by atoms with van der Waals surface area (Å²) in [6, 6.07) is 0. The summed E-state index contributed by atoms with van der Waals surface area (Å²) in [5.41, 5.74) is 0.466. The molecule has 0 spiro atoms.